The van der Waals surface area contributed by atoms with Crippen LogP contribution in [0.15, 0.2) is 49.1 Å². The van der Waals surface area contributed by atoms with Gasteiger partial charge in [0.05, 0.1) is 18.9 Å². The third-order valence-corrected chi connectivity index (χ3v) is 3.11. The van der Waals surface area contributed by atoms with Crippen LogP contribution in [0.5, 0.6) is 0 Å². The Balaban J connectivity index is 2.34. The molecule has 1 aromatic heterocycles. The van der Waals surface area contributed by atoms with Gasteiger partial charge in [-0.3, -0.25) is 5.32 Å². The largest absolute Gasteiger partial charge is 0.334 e. The van der Waals surface area contributed by atoms with Crippen molar-refractivity contribution >= 4 is 0 Å². The van der Waals surface area contributed by atoms with Crippen LogP contribution in [0.4, 0.5) is 0 Å². The maximum atomic E-state index is 9.71. The van der Waals surface area contributed by atoms with Crippen LogP contribution in [0.3, 0.4) is 0 Å². The molecule has 0 aliphatic rings. The zero-order chi connectivity index (χ0) is 13.6. The first-order valence-corrected chi connectivity index (χ1v) is 6.48. The second-order valence-electron chi connectivity index (χ2n) is 4.54. The van der Waals surface area contributed by atoms with Gasteiger partial charge in [-0.2, -0.15) is 5.26 Å². The average Bonchev–Trinajstić information content (AvgIpc) is 2.97. The first-order chi connectivity index (χ1) is 9.30. The first kappa shape index (κ1) is 13.3. The molecule has 2 rings (SSSR count). The molecule has 0 amide bonds. The van der Waals surface area contributed by atoms with Crippen LogP contribution in [0.2, 0.25) is 0 Å². The van der Waals surface area contributed by atoms with Crippen molar-refractivity contribution in [1.29, 1.82) is 5.26 Å². The van der Waals surface area contributed by atoms with Gasteiger partial charge in [0, 0.05) is 12.4 Å². The van der Waals surface area contributed by atoms with Crippen LogP contribution >= 0.6 is 0 Å². The van der Waals surface area contributed by atoms with Crippen molar-refractivity contribution < 1.29 is 0 Å². The second-order valence-corrected chi connectivity index (χ2v) is 4.54. The summed E-state index contributed by atoms with van der Waals surface area (Å²) in [6.07, 6.45) is 6.33. The van der Waals surface area contributed by atoms with E-state index in [9.17, 15) is 5.26 Å². The SMILES string of the molecule is CCCNC(C#N)(Cn1ccnc1)c1ccccc1. The average molecular weight is 254 g/mol. The van der Waals surface area contributed by atoms with Gasteiger partial charge < -0.3 is 4.57 Å². The molecule has 2 aromatic rings. The summed E-state index contributed by atoms with van der Waals surface area (Å²) in [5.41, 5.74) is 0.275. The van der Waals surface area contributed by atoms with E-state index in [0.717, 1.165) is 18.5 Å². The van der Waals surface area contributed by atoms with Gasteiger partial charge in [-0.25, -0.2) is 4.98 Å². The molecule has 0 saturated heterocycles. The Labute approximate surface area is 113 Å². The first-order valence-electron chi connectivity index (χ1n) is 6.48. The maximum absolute atomic E-state index is 9.71. The monoisotopic (exact) mass is 254 g/mol. The second kappa shape index (κ2) is 6.17. The van der Waals surface area contributed by atoms with E-state index in [1.807, 2.05) is 41.1 Å². The normalized spacial score (nSPS) is 13.7. The molecule has 0 saturated carbocycles. The molecule has 0 bridgehead atoms. The fourth-order valence-corrected chi connectivity index (χ4v) is 2.10. The molecule has 0 aliphatic carbocycles. The minimum absolute atomic E-state index is 0.549. The van der Waals surface area contributed by atoms with Crippen LogP contribution in [-0.2, 0) is 12.1 Å². The van der Waals surface area contributed by atoms with Gasteiger partial charge in [-0.1, -0.05) is 37.3 Å². The molecular formula is C15H18N4. The molecule has 19 heavy (non-hydrogen) atoms. The molecular weight excluding hydrogens is 236 g/mol. The Kier molecular flexibility index (Phi) is 4.32. The van der Waals surface area contributed by atoms with Gasteiger partial charge >= 0.3 is 0 Å². The van der Waals surface area contributed by atoms with E-state index < -0.39 is 5.54 Å². The molecule has 0 spiro atoms. The standard InChI is InChI=1S/C15H18N4/c1-2-8-18-15(11-16,12-19-10-9-17-13-19)14-6-4-3-5-7-14/h3-7,9-10,13,18H,2,8,12H2,1H3. The van der Waals surface area contributed by atoms with Crippen LogP contribution in [0.25, 0.3) is 0 Å². The number of benzene rings is 1. The van der Waals surface area contributed by atoms with Crippen molar-refractivity contribution in [3.05, 3.63) is 54.6 Å². The van der Waals surface area contributed by atoms with Gasteiger partial charge in [-0.15, -0.1) is 0 Å². The number of hydrogen-bond acceptors (Lipinski definition) is 3. The predicted molar refractivity (Wildman–Crippen MR) is 74.3 cm³/mol. The van der Waals surface area contributed by atoms with E-state index >= 15 is 0 Å². The Hall–Kier alpha value is -2.12. The number of nitriles is 1. The molecule has 0 aliphatic heterocycles. The van der Waals surface area contributed by atoms with Crippen LogP contribution in [-0.4, -0.2) is 16.1 Å². The van der Waals surface area contributed by atoms with Crippen molar-refractivity contribution in [3.8, 4) is 6.07 Å². The van der Waals surface area contributed by atoms with E-state index in [1.165, 1.54) is 0 Å². The summed E-state index contributed by atoms with van der Waals surface area (Å²) in [6.45, 7) is 3.45. The van der Waals surface area contributed by atoms with Crippen LogP contribution in [0, 0.1) is 11.3 Å². The van der Waals surface area contributed by atoms with Gasteiger partial charge in [-0.05, 0) is 18.5 Å². The van der Waals surface area contributed by atoms with Gasteiger partial charge in [0.25, 0.3) is 0 Å². The number of imidazole rings is 1. The number of nitrogens with one attached hydrogen (secondary N) is 1. The van der Waals surface area contributed by atoms with E-state index in [4.69, 9.17) is 0 Å². The summed E-state index contributed by atoms with van der Waals surface area (Å²) >= 11 is 0. The number of hydrogen-bond donors (Lipinski definition) is 1. The molecule has 0 fully saturated rings. The van der Waals surface area contributed by atoms with Crippen molar-refractivity contribution in [2.24, 2.45) is 0 Å². The fraction of sp³-hybridized carbons (Fsp3) is 0.333. The van der Waals surface area contributed by atoms with E-state index in [2.05, 4.69) is 23.3 Å². The topological polar surface area (TPSA) is 53.6 Å². The Morgan fingerprint density at radius 3 is 2.74 bits per heavy atom. The van der Waals surface area contributed by atoms with E-state index in [-0.39, 0.29) is 0 Å². The lowest BCUT2D eigenvalue weighted by Gasteiger charge is -2.28. The zero-order valence-electron chi connectivity index (χ0n) is 11.1. The van der Waals surface area contributed by atoms with Crippen molar-refractivity contribution in [2.45, 2.75) is 25.4 Å². The van der Waals surface area contributed by atoms with Crippen molar-refractivity contribution in [2.75, 3.05) is 6.54 Å². The van der Waals surface area contributed by atoms with Crippen LogP contribution < -0.4 is 5.32 Å². The number of nitrogens with zero attached hydrogens (tertiary/aromatic N) is 3. The Morgan fingerprint density at radius 2 is 2.16 bits per heavy atom. The van der Waals surface area contributed by atoms with Gasteiger partial charge in [0.1, 0.15) is 5.54 Å². The van der Waals surface area contributed by atoms with Gasteiger partial charge in [0.15, 0.2) is 0 Å². The Bertz CT molecular complexity index is 527. The molecule has 4 nitrogen and oxygen atoms in total. The highest BCUT2D eigenvalue weighted by atomic mass is 15.1. The minimum Gasteiger partial charge on any atom is -0.334 e. The smallest absolute Gasteiger partial charge is 0.150 e. The van der Waals surface area contributed by atoms with E-state index in [0.29, 0.717) is 6.54 Å². The van der Waals surface area contributed by atoms with Crippen molar-refractivity contribution in [1.82, 2.24) is 14.9 Å². The lowest BCUT2D eigenvalue weighted by atomic mass is 9.91. The summed E-state index contributed by atoms with van der Waals surface area (Å²) in [5.74, 6) is 0. The molecule has 4 heteroatoms. The highest BCUT2D eigenvalue weighted by molar-refractivity contribution is 5.31. The molecule has 1 heterocycles. The third-order valence-electron chi connectivity index (χ3n) is 3.11. The zero-order valence-corrected chi connectivity index (χ0v) is 11.1. The summed E-state index contributed by atoms with van der Waals surface area (Å²) < 4.78 is 1.93. The summed E-state index contributed by atoms with van der Waals surface area (Å²) in [4.78, 5) is 4.04. The summed E-state index contributed by atoms with van der Waals surface area (Å²) in [5, 5.41) is 13.1. The lowest BCUT2D eigenvalue weighted by molar-refractivity contribution is 0.368. The molecule has 1 N–H and O–H groups in total. The highest BCUT2D eigenvalue weighted by Gasteiger charge is 2.31. The summed E-state index contributed by atoms with van der Waals surface area (Å²) in [6, 6.07) is 12.3. The molecule has 1 aromatic carbocycles. The van der Waals surface area contributed by atoms with Crippen LogP contribution in [0.1, 0.15) is 18.9 Å². The quantitative estimate of drug-likeness (QED) is 0.860. The minimum atomic E-state index is -0.710. The highest BCUT2D eigenvalue weighted by Crippen LogP contribution is 2.22. The fourth-order valence-electron chi connectivity index (χ4n) is 2.10. The Morgan fingerprint density at radius 1 is 1.37 bits per heavy atom. The number of rotatable bonds is 6. The molecule has 0 radical (unpaired) electrons. The number of aromatic nitrogens is 2. The molecule has 98 valence electrons. The third kappa shape index (κ3) is 3.01. The van der Waals surface area contributed by atoms with Crippen molar-refractivity contribution in [3.63, 3.8) is 0 Å². The summed E-state index contributed by atoms with van der Waals surface area (Å²) in [7, 11) is 0. The maximum Gasteiger partial charge on any atom is 0.150 e. The molecule has 1 unspecified atom stereocenters. The predicted octanol–water partition coefficient (Wildman–Crippen LogP) is 2.30. The van der Waals surface area contributed by atoms with Gasteiger partial charge in [0.2, 0.25) is 0 Å². The van der Waals surface area contributed by atoms with E-state index in [1.54, 1.807) is 12.5 Å². The molecule has 1 atom stereocenters. The lowest BCUT2D eigenvalue weighted by Crippen LogP contribution is -2.45.